The van der Waals surface area contributed by atoms with Crippen molar-refractivity contribution in [3.63, 3.8) is 0 Å². The molecule has 1 aliphatic carbocycles. The third-order valence-electron chi connectivity index (χ3n) is 13.5. The zero-order valence-corrected chi connectivity index (χ0v) is 45.4. The van der Waals surface area contributed by atoms with Crippen molar-refractivity contribution in [2.45, 2.75) is 93.3 Å². The number of aliphatic carboxylic acids is 2. The molecule has 76 heavy (non-hydrogen) atoms. The third-order valence-corrected chi connectivity index (χ3v) is 16.1. The van der Waals surface area contributed by atoms with Crippen molar-refractivity contribution in [1.82, 2.24) is 0 Å². The highest BCUT2D eigenvalue weighted by molar-refractivity contribution is 7.94. The van der Waals surface area contributed by atoms with E-state index in [1.165, 1.54) is 6.07 Å². The Bertz CT molecular complexity index is 3360. The fourth-order valence-corrected chi connectivity index (χ4v) is 12.2. The number of carboxylic acids is 2. The van der Waals surface area contributed by atoms with Crippen LogP contribution in [-0.4, -0.2) is 118 Å². The molecule has 3 aliphatic rings. The quantitative estimate of drug-likeness (QED) is 0.00686. The molecule has 2 aliphatic heterocycles. The molecule has 4 aromatic rings. The number of fused-ring (bicyclic) bond motifs is 6. The largest absolute Gasteiger partial charge is 0.496 e. The maximum Gasteiger partial charge on any atom is 0.341 e. The molecule has 25 heteroatoms. The van der Waals surface area contributed by atoms with Gasteiger partial charge in [0.15, 0.2) is 18.9 Å². The minimum Gasteiger partial charge on any atom is -0.496 e. The van der Waals surface area contributed by atoms with Gasteiger partial charge in [-0.2, -0.15) is 25.6 Å². The topological polar surface area (TPSA) is 302 Å². The minimum absolute atomic E-state index is 0.0143. The standard InChI is InChI=1S/C51H58N2O19S4/c1-50(2)43(53(22-7-9-24-75(61,62)63)39-17-15-35-37(47(39)50)25-33(73-72-71-58)26-41(35)68-29-45(54)55)19-13-31-11-10-12-32(49(31)67-5)14-20-44-51(3,4)48-38-27-34(76(64,65)66)28-42(69-30-46(56)57)36(38)16-18-40(48)52(44)21-6-8-23-70-74(59)60/h13-20,25-28H,6-12,21-24,29-30H2,1-5H3,(H5-,54,55,56,57,58,59,60,61,62,63,64,65,66)/p+1. The molecule has 21 nitrogen and oxygen atoms in total. The molecular formula is C51H59N2O19S4+. The van der Waals surface area contributed by atoms with Crippen molar-refractivity contribution in [2.75, 3.05) is 50.7 Å². The van der Waals surface area contributed by atoms with Gasteiger partial charge in [-0.3, -0.25) is 17.8 Å². The van der Waals surface area contributed by atoms with Crippen LogP contribution in [0.5, 0.6) is 11.5 Å². The van der Waals surface area contributed by atoms with Crippen molar-refractivity contribution in [3.05, 3.63) is 107 Å². The molecule has 2 heterocycles. The fraction of sp³-hybridized carbons (Fsp3) is 0.392. The van der Waals surface area contributed by atoms with Gasteiger partial charge in [0, 0.05) is 69.2 Å². The van der Waals surface area contributed by atoms with Gasteiger partial charge in [0.05, 0.1) is 41.8 Å². The van der Waals surface area contributed by atoms with E-state index in [1.54, 1.807) is 19.2 Å². The third kappa shape index (κ3) is 13.0. The van der Waals surface area contributed by atoms with E-state index in [9.17, 15) is 54.5 Å². The maximum absolute atomic E-state index is 12.6. The van der Waals surface area contributed by atoms with Gasteiger partial charge < -0.3 is 29.3 Å². The molecule has 7 rings (SSSR count). The summed E-state index contributed by atoms with van der Waals surface area (Å²) >= 11 is -1.76. The molecule has 0 saturated heterocycles. The zero-order chi connectivity index (χ0) is 55.3. The van der Waals surface area contributed by atoms with E-state index < -0.39 is 78.2 Å². The summed E-state index contributed by atoms with van der Waals surface area (Å²) in [4.78, 5) is 25.2. The van der Waals surface area contributed by atoms with E-state index >= 15 is 0 Å². The number of methoxy groups -OCH3 is 1. The molecule has 0 aromatic heterocycles. The normalized spacial score (nSPS) is 17.8. The van der Waals surface area contributed by atoms with E-state index in [0.717, 1.165) is 46.3 Å². The van der Waals surface area contributed by atoms with E-state index in [0.29, 0.717) is 101 Å². The molecular weight excluding hydrogens is 1070 g/mol. The monoisotopic (exact) mass is 1130 g/mol. The summed E-state index contributed by atoms with van der Waals surface area (Å²) in [5.74, 6) is -2.08. The average Bonchev–Trinajstić information content (AvgIpc) is 3.84. The van der Waals surface area contributed by atoms with Crippen LogP contribution in [0.1, 0.15) is 83.8 Å². The summed E-state index contributed by atoms with van der Waals surface area (Å²) in [6.45, 7) is 7.36. The number of anilines is 1. The maximum atomic E-state index is 12.6. The van der Waals surface area contributed by atoms with Crippen molar-refractivity contribution >= 4 is 94.2 Å². The van der Waals surface area contributed by atoms with Crippen molar-refractivity contribution in [1.29, 1.82) is 0 Å². The lowest BCUT2D eigenvalue weighted by Gasteiger charge is -2.27. The average molecular weight is 1130 g/mol. The molecule has 0 spiro atoms. The van der Waals surface area contributed by atoms with Crippen LogP contribution in [-0.2, 0) is 70.3 Å². The number of carbonyl (C=O) groups is 2. The highest BCUT2D eigenvalue weighted by atomic mass is 32.2. The van der Waals surface area contributed by atoms with E-state index in [4.69, 9.17) is 28.0 Å². The van der Waals surface area contributed by atoms with Crippen LogP contribution in [0.15, 0.2) is 105 Å². The second-order valence-corrected chi connectivity index (χ2v) is 23.6. The van der Waals surface area contributed by atoms with Crippen LogP contribution in [0.4, 0.5) is 11.4 Å². The Morgan fingerprint density at radius 2 is 1.49 bits per heavy atom. The van der Waals surface area contributed by atoms with Crippen molar-refractivity contribution in [2.24, 2.45) is 0 Å². The van der Waals surface area contributed by atoms with Gasteiger partial charge in [0.1, 0.15) is 23.8 Å². The number of benzene rings is 4. The lowest BCUT2D eigenvalue weighted by molar-refractivity contribution is -0.438. The number of hydrogen-bond acceptors (Lipinski definition) is 16. The number of hydrogen-bond donors (Lipinski definition) is 6. The first-order valence-corrected chi connectivity index (χ1v) is 28.7. The number of nitrogens with zero attached hydrogens (tertiary/aromatic N) is 2. The number of unbranched alkanes of at least 4 members (excludes halogenated alkanes) is 2. The smallest absolute Gasteiger partial charge is 0.341 e. The van der Waals surface area contributed by atoms with E-state index in [1.807, 2.05) is 76.3 Å². The molecule has 0 amide bonds. The minimum atomic E-state index is -4.79. The number of carboxylic acid groups (broad SMARTS) is 2. The molecule has 0 saturated carbocycles. The summed E-state index contributed by atoms with van der Waals surface area (Å²) in [6.07, 6.45) is 11.5. The van der Waals surface area contributed by atoms with E-state index in [-0.39, 0.29) is 24.5 Å². The molecule has 0 bridgehead atoms. The second kappa shape index (κ2) is 23.9. The highest BCUT2D eigenvalue weighted by Gasteiger charge is 2.46. The van der Waals surface area contributed by atoms with Gasteiger partial charge in [0.25, 0.3) is 20.2 Å². The van der Waals surface area contributed by atoms with E-state index in [2.05, 4.69) is 14.5 Å². The predicted octanol–water partition coefficient (Wildman–Crippen LogP) is 8.82. The van der Waals surface area contributed by atoms with Gasteiger partial charge in [0.2, 0.25) is 5.69 Å². The molecule has 0 fully saturated rings. The van der Waals surface area contributed by atoms with Crippen LogP contribution in [0, 0.1) is 0 Å². The first-order chi connectivity index (χ1) is 35.9. The summed E-state index contributed by atoms with van der Waals surface area (Å²) in [6, 6.07) is 13.0. The van der Waals surface area contributed by atoms with Crippen LogP contribution >= 0.6 is 12.0 Å². The number of rotatable bonds is 25. The van der Waals surface area contributed by atoms with Crippen LogP contribution < -0.4 is 14.4 Å². The van der Waals surface area contributed by atoms with Crippen molar-refractivity contribution in [3.8, 4) is 11.5 Å². The van der Waals surface area contributed by atoms with Crippen LogP contribution in [0.3, 0.4) is 0 Å². The zero-order valence-electron chi connectivity index (χ0n) is 42.1. The Hall–Kier alpha value is -5.71. The molecule has 410 valence electrons. The molecule has 1 unspecified atom stereocenters. The Morgan fingerprint density at radius 1 is 0.816 bits per heavy atom. The van der Waals surface area contributed by atoms with Gasteiger partial charge in [-0.05, 0) is 128 Å². The Morgan fingerprint density at radius 3 is 2.12 bits per heavy atom. The first kappa shape index (κ1) is 58.0. The van der Waals surface area contributed by atoms with Crippen molar-refractivity contribution < 1.29 is 92.1 Å². The summed E-state index contributed by atoms with van der Waals surface area (Å²) in [5.41, 5.74) is 4.78. The number of ether oxygens (including phenoxy) is 3. The molecule has 4 aromatic carbocycles. The van der Waals surface area contributed by atoms with Crippen LogP contribution in [0.25, 0.3) is 21.5 Å². The summed E-state index contributed by atoms with van der Waals surface area (Å²) in [7, 11) is -7.42. The van der Waals surface area contributed by atoms with Gasteiger partial charge in [-0.15, -0.1) is 4.33 Å². The SMILES string of the molecule is COC1=C(/C=C/C2=[N+](CCCCOS(=O)O)c3ccc4c(OCC(=O)O)cc(S(=O)(=O)O)cc4c3C2(C)C)CCC/C1=C\C=C1\N(CCCCS(=O)(=O)O)c2ccc3c(OCC(=O)O)cc(SOOO)cc3c2C1(C)C. The van der Waals surface area contributed by atoms with Crippen LogP contribution in [0.2, 0.25) is 0 Å². The van der Waals surface area contributed by atoms with Gasteiger partial charge >= 0.3 is 23.3 Å². The first-order valence-electron chi connectivity index (χ1n) is 23.9. The van der Waals surface area contributed by atoms with Gasteiger partial charge in [-0.25, -0.2) is 14.8 Å². The summed E-state index contributed by atoms with van der Waals surface area (Å²) < 4.78 is 118. The molecule has 1 atom stereocenters. The Balaban J connectivity index is 1.33. The second-order valence-electron chi connectivity index (χ2n) is 19.2. The Labute approximate surface area is 446 Å². The highest BCUT2D eigenvalue weighted by Crippen LogP contribution is 2.53. The summed E-state index contributed by atoms with van der Waals surface area (Å²) in [5, 5.41) is 33.8. The number of allylic oxidation sites excluding steroid dienone is 7. The van der Waals surface area contributed by atoms with Gasteiger partial charge in [-0.1, -0.05) is 25.0 Å². The fourth-order valence-electron chi connectivity index (χ4n) is 10.4. The lowest BCUT2D eigenvalue weighted by Crippen LogP contribution is -2.28. The molecule has 0 radical (unpaired) electrons. The lowest BCUT2D eigenvalue weighted by atomic mass is 9.78. The predicted molar refractivity (Wildman–Crippen MR) is 283 cm³/mol. The Kier molecular flexibility index (Phi) is 18.2. The molecule has 6 N–H and O–H groups in total.